The zero-order valence-corrected chi connectivity index (χ0v) is 19.5. The van der Waals surface area contributed by atoms with Crippen LogP contribution in [0.15, 0.2) is 18.2 Å². The van der Waals surface area contributed by atoms with Crippen molar-refractivity contribution in [2.75, 3.05) is 14.2 Å². The summed E-state index contributed by atoms with van der Waals surface area (Å²) >= 11 is 0. The molecular weight excluding hydrogens is 398 g/mol. The predicted octanol–water partition coefficient (Wildman–Crippen LogP) is 4.99. The molecule has 7 nitrogen and oxygen atoms in total. The van der Waals surface area contributed by atoms with E-state index >= 15 is 0 Å². The van der Waals surface area contributed by atoms with Gasteiger partial charge in [0.1, 0.15) is 17.3 Å². The second-order valence-corrected chi connectivity index (χ2v) is 10.2. The molecule has 172 valence electrons. The highest BCUT2D eigenvalue weighted by Crippen LogP contribution is 2.56. The Labute approximate surface area is 184 Å². The molecule has 0 saturated heterocycles. The van der Waals surface area contributed by atoms with Crippen molar-refractivity contribution in [1.82, 2.24) is 0 Å². The molecule has 1 aromatic rings. The summed E-state index contributed by atoms with van der Waals surface area (Å²) in [4.78, 5) is 24.8. The van der Waals surface area contributed by atoms with E-state index in [9.17, 15) is 14.9 Å². The lowest BCUT2D eigenvalue weighted by atomic mass is 9.61. The van der Waals surface area contributed by atoms with Crippen LogP contribution in [-0.2, 0) is 9.53 Å². The number of benzene rings is 1. The van der Waals surface area contributed by atoms with E-state index in [0.717, 1.165) is 19.3 Å². The highest BCUT2D eigenvalue weighted by molar-refractivity contribution is 5.82. The Morgan fingerprint density at radius 3 is 2.29 bits per heavy atom. The molecule has 2 saturated carbocycles. The summed E-state index contributed by atoms with van der Waals surface area (Å²) in [5.41, 5.74) is 0.0980. The molecular formula is C24H35NO6. The van der Waals surface area contributed by atoms with Crippen molar-refractivity contribution in [2.24, 2.45) is 17.3 Å². The second kappa shape index (κ2) is 8.77. The maximum atomic E-state index is 13.0. The van der Waals surface area contributed by atoms with Gasteiger partial charge in [-0.15, -0.1) is 0 Å². The van der Waals surface area contributed by atoms with Crippen molar-refractivity contribution in [2.45, 2.75) is 77.5 Å². The van der Waals surface area contributed by atoms with Crippen molar-refractivity contribution < 1.29 is 23.9 Å². The fourth-order valence-corrected chi connectivity index (χ4v) is 5.56. The molecule has 0 radical (unpaired) electrons. The lowest BCUT2D eigenvalue weighted by Crippen LogP contribution is -2.46. The second-order valence-electron chi connectivity index (χ2n) is 10.2. The van der Waals surface area contributed by atoms with E-state index in [1.165, 1.54) is 14.2 Å². The lowest BCUT2D eigenvalue weighted by Gasteiger charge is -2.45. The molecule has 7 heteroatoms. The molecule has 0 aromatic heterocycles. The minimum absolute atomic E-state index is 0.0686. The number of methoxy groups -OCH3 is 2. The lowest BCUT2D eigenvalue weighted by molar-refractivity contribution is -0.531. The smallest absolute Gasteiger partial charge is 0.239 e. The Bertz CT molecular complexity index is 810. The number of nitrogens with zero attached hydrogens (tertiary/aromatic N) is 1. The summed E-state index contributed by atoms with van der Waals surface area (Å²) in [6.07, 6.45) is 3.24. The fraction of sp³-hybridized carbons (Fsp3) is 0.708. The molecule has 0 spiro atoms. The Morgan fingerprint density at radius 1 is 1.16 bits per heavy atom. The van der Waals surface area contributed by atoms with Gasteiger partial charge in [0.15, 0.2) is 0 Å². The van der Waals surface area contributed by atoms with Crippen LogP contribution in [0.5, 0.6) is 11.5 Å². The van der Waals surface area contributed by atoms with Gasteiger partial charge in [-0.1, -0.05) is 6.92 Å². The minimum Gasteiger partial charge on any atom is -0.497 e. The molecule has 31 heavy (non-hydrogen) atoms. The van der Waals surface area contributed by atoms with E-state index in [2.05, 4.69) is 6.92 Å². The van der Waals surface area contributed by atoms with Crippen molar-refractivity contribution >= 4 is 5.78 Å². The molecule has 0 amide bonds. The Morgan fingerprint density at radius 2 is 1.77 bits per heavy atom. The average molecular weight is 434 g/mol. The number of ketones is 1. The Hall–Kier alpha value is -2.15. The zero-order chi connectivity index (χ0) is 23.0. The summed E-state index contributed by atoms with van der Waals surface area (Å²) in [6.45, 7) is 8.35. The molecule has 2 fully saturated rings. The number of hydrogen-bond acceptors (Lipinski definition) is 6. The van der Waals surface area contributed by atoms with Crippen molar-refractivity contribution in [3.8, 4) is 11.5 Å². The Kier molecular flexibility index (Phi) is 6.65. The molecule has 2 aliphatic carbocycles. The van der Waals surface area contributed by atoms with Gasteiger partial charge >= 0.3 is 0 Å². The van der Waals surface area contributed by atoms with Crippen LogP contribution >= 0.6 is 0 Å². The van der Waals surface area contributed by atoms with Crippen molar-refractivity contribution in [3.63, 3.8) is 0 Å². The number of ether oxygens (including phenoxy) is 3. The molecule has 3 rings (SSSR count). The Balaban J connectivity index is 1.90. The van der Waals surface area contributed by atoms with Crippen LogP contribution < -0.4 is 9.47 Å². The summed E-state index contributed by atoms with van der Waals surface area (Å²) in [5, 5.41) is 12.1. The van der Waals surface area contributed by atoms with Crippen molar-refractivity contribution in [1.29, 1.82) is 0 Å². The molecule has 0 N–H and O–H groups in total. The predicted molar refractivity (Wildman–Crippen MR) is 117 cm³/mol. The standard InChI is InChI=1S/C24H35NO6/c1-23(2,3)31-22-8-7-19-18(21(26)9-10-24(19,22)4)14-20(25(27)28)15-11-16(29-5)13-17(12-15)30-6/h11-13,18-20,22H,7-10,14H2,1-6H3/t18?,19-,20?,22-,24-/m0/s1. The molecule has 0 aliphatic heterocycles. The summed E-state index contributed by atoms with van der Waals surface area (Å²) in [7, 11) is 3.04. The van der Waals surface area contributed by atoms with Crippen LogP contribution in [0, 0.1) is 27.4 Å². The molecule has 5 atom stereocenters. The molecule has 0 heterocycles. The zero-order valence-electron chi connectivity index (χ0n) is 19.5. The number of rotatable bonds is 7. The minimum atomic E-state index is -0.997. The van der Waals surface area contributed by atoms with E-state index in [1.807, 2.05) is 20.8 Å². The SMILES string of the molecule is COc1cc(OC)cc(C(CC2C(=O)CC[C@]3(C)[C@@H](OC(C)(C)C)CC[C@@H]23)[N+](=O)[O-])c1. The fourth-order valence-electron chi connectivity index (χ4n) is 5.56. The largest absolute Gasteiger partial charge is 0.497 e. The van der Waals surface area contributed by atoms with Crippen LogP contribution in [0.1, 0.15) is 71.4 Å². The molecule has 2 unspecified atom stereocenters. The average Bonchev–Trinajstić information content (AvgIpc) is 3.01. The quantitative estimate of drug-likeness (QED) is 0.445. The van der Waals surface area contributed by atoms with Crippen LogP contribution in [0.4, 0.5) is 0 Å². The summed E-state index contributed by atoms with van der Waals surface area (Å²) in [6, 6.07) is 4.03. The molecule has 0 bridgehead atoms. The van der Waals surface area contributed by atoms with Crippen LogP contribution in [0.25, 0.3) is 0 Å². The van der Waals surface area contributed by atoms with E-state index in [0.29, 0.717) is 23.5 Å². The first-order valence-corrected chi connectivity index (χ1v) is 11.1. The number of hydrogen-bond donors (Lipinski definition) is 0. The first kappa shape index (κ1) is 23.5. The monoisotopic (exact) mass is 433 g/mol. The van der Waals surface area contributed by atoms with E-state index in [-0.39, 0.29) is 46.1 Å². The van der Waals surface area contributed by atoms with Gasteiger partial charge < -0.3 is 14.2 Å². The number of carbonyl (C=O) groups excluding carboxylic acids is 1. The van der Waals surface area contributed by atoms with Gasteiger partial charge in [0.05, 0.1) is 25.9 Å². The van der Waals surface area contributed by atoms with Crippen LogP contribution in [-0.4, -0.2) is 36.6 Å². The maximum Gasteiger partial charge on any atom is 0.239 e. The number of nitro groups is 1. The van der Waals surface area contributed by atoms with Gasteiger partial charge in [-0.2, -0.15) is 0 Å². The van der Waals surface area contributed by atoms with E-state index in [4.69, 9.17) is 14.2 Å². The summed E-state index contributed by atoms with van der Waals surface area (Å²) < 4.78 is 17.0. The summed E-state index contributed by atoms with van der Waals surface area (Å²) in [5.74, 6) is 0.887. The van der Waals surface area contributed by atoms with E-state index < -0.39 is 6.04 Å². The van der Waals surface area contributed by atoms with Gasteiger partial charge in [-0.3, -0.25) is 14.9 Å². The topological polar surface area (TPSA) is 87.9 Å². The van der Waals surface area contributed by atoms with Gasteiger partial charge in [-0.25, -0.2) is 0 Å². The normalized spacial score (nSPS) is 29.4. The van der Waals surface area contributed by atoms with Gasteiger partial charge in [0.2, 0.25) is 6.04 Å². The number of carbonyl (C=O) groups is 1. The first-order valence-electron chi connectivity index (χ1n) is 11.1. The molecule has 2 aliphatic rings. The van der Waals surface area contributed by atoms with Gasteiger partial charge in [0.25, 0.3) is 0 Å². The van der Waals surface area contributed by atoms with Crippen LogP contribution in [0.3, 0.4) is 0 Å². The third-order valence-electron chi connectivity index (χ3n) is 7.12. The maximum absolute atomic E-state index is 13.0. The van der Waals surface area contributed by atoms with Gasteiger partial charge in [0, 0.05) is 35.3 Å². The highest BCUT2D eigenvalue weighted by atomic mass is 16.6. The highest BCUT2D eigenvalue weighted by Gasteiger charge is 2.56. The molecule has 1 aromatic carbocycles. The third-order valence-corrected chi connectivity index (χ3v) is 7.12. The van der Waals surface area contributed by atoms with E-state index in [1.54, 1.807) is 18.2 Å². The number of fused-ring (bicyclic) bond motifs is 1. The van der Waals surface area contributed by atoms with Gasteiger partial charge in [-0.05, 0) is 63.5 Å². The first-order chi connectivity index (χ1) is 14.5. The van der Waals surface area contributed by atoms with Crippen molar-refractivity contribution in [3.05, 3.63) is 33.9 Å². The number of Topliss-reactive ketones (excluding diaryl/α,β-unsaturated/α-hetero) is 1. The third kappa shape index (κ3) is 4.86. The van der Waals surface area contributed by atoms with Crippen LogP contribution in [0.2, 0.25) is 0 Å².